The van der Waals surface area contributed by atoms with E-state index in [1.165, 1.54) is 0 Å². The molecule has 1 rings (SSSR count). The quantitative estimate of drug-likeness (QED) is 0.613. The molecule has 21 heavy (non-hydrogen) atoms. The molecule has 1 aliphatic rings. The number of nitrogens with one attached hydrogen (secondary N) is 1. The molecule has 7 heteroatoms. The number of nitrogens with two attached hydrogens (primary N) is 1. The number of hydrogen-bond donors (Lipinski definition) is 3. The van der Waals surface area contributed by atoms with E-state index in [1.807, 2.05) is 27.0 Å². The van der Waals surface area contributed by atoms with Crippen LogP contribution in [0.4, 0.5) is 0 Å². The molecule has 2 unspecified atom stereocenters. The van der Waals surface area contributed by atoms with Crippen molar-refractivity contribution in [2.24, 2.45) is 11.1 Å². The predicted octanol–water partition coefficient (Wildman–Crippen LogP) is 0.841. The molecule has 0 aromatic carbocycles. The van der Waals surface area contributed by atoms with Gasteiger partial charge in [-0.3, -0.25) is 4.79 Å². The zero-order valence-electron chi connectivity index (χ0n) is 13.1. The van der Waals surface area contributed by atoms with Crippen LogP contribution in [0.25, 0.3) is 0 Å². The lowest BCUT2D eigenvalue weighted by Crippen LogP contribution is -2.76. The Morgan fingerprint density at radius 3 is 2.57 bits per heavy atom. The highest BCUT2D eigenvalue weighted by molar-refractivity contribution is 7.98. The standard InChI is InChI=1S/C14H26N2O4S/c1-5-20-10-8-14(15,13(10,2)3)12(19)16-9(11(17)18)6-7-21-4/h9-10H,5-8,15H2,1-4H3,(H,16,19)(H,17,18)/t9-,10?,14?/m0/s1. The first kappa shape index (κ1) is 18.3. The minimum Gasteiger partial charge on any atom is -0.480 e. The van der Waals surface area contributed by atoms with Crippen molar-refractivity contribution in [2.75, 3.05) is 18.6 Å². The zero-order chi connectivity index (χ0) is 16.3. The predicted molar refractivity (Wildman–Crippen MR) is 83.3 cm³/mol. The van der Waals surface area contributed by atoms with Gasteiger partial charge < -0.3 is 20.9 Å². The molecular formula is C14H26N2O4S. The van der Waals surface area contributed by atoms with Crippen molar-refractivity contribution in [3.63, 3.8) is 0 Å². The normalized spacial score (nSPS) is 28.5. The Kier molecular flexibility index (Phi) is 6.07. The van der Waals surface area contributed by atoms with E-state index in [0.29, 0.717) is 25.2 Å². The van der Waals surface area contributed by atoms with Crippen LogP contribution in [0.1, 0.15) is 33.6 Å². The molecule has 0 aliphatic heterocycles. The van der Waals surface area contributed by atoms with Gasteiger partial charge in [0.05, 0.1) is 6.10 Å². The first-order valence-electron chi connectivity index (χ1n) is 7.14. The Balaban J connectivity index is 2.72. The largest absolute Gasteiger partial charge is 0.480 e. The molecule has 1 saturated carbocycles. The van der Waals surface area contributed by atoms with Crippen LogP contribution in [0, 0.1) is 5.41 Å². The number of rotatable bonds is 8. The Bertz CT molecular complexity index is 402. The van der Waals surface area contributed by atoms with E-state index in [2.05, 4.69) is 5.32 Å². The van der Waals surface area contributed by atoms with E-state index in [0.717, 1.165) is 0 Å². The lowest BCUT2D eigenvalue weighted by atomic mass is 9.54. The average Bonchev–Trinajstić information content (AvgIpc) is 2.42. The summed E-state index contributed by atoms with van der Waals surface area (Å²) in [7, 11) is 0. The van der Waals surface area contributed by atoms with Crippen LogP contribution in [0.2, 0.25) is 0 Å². The number of amides is 1. The first-order chi connectivity index (χ1) is 9.70. The molecule has 0 saturated heterocycles. The molecule has 122 valence electrons. The maximum atomic E-state index is 12.4. The van der Waals surface area contributed by atoms with Gasteiger partial charge in [-0.2, -0.15) is 11.8 Å². The molecule has 4 N–H and O–H groups in total. The summed E-state index contributed by atoms with van der Waals surface area (Å²) in [5.41, 5.74) is 4.63. The smallest absolute Gasteiger partial charge is 0.326 e. The topological polar surface area (TPSA) is 102 Å². The Hall–Kier alpha value is -0.790. The van der Waals surface area contributed by atoms with Crippen LogP contribution in [0.15, 0.2) is 0 Å². The molecule has 6 nitrogen and oxygen atoms in total. The zero-order valence-corrected chi connectivity index (χ0v) is 14.0. The summed E-state index contributed by atoms with van der Waals surface area (Å²) in [6, 6.07) is -0.896. The fourth-order valence-electron chi connectivity index (χ4n) is 2.60. The van der Waals surface area contributed by atoms with Gasteiger partial charge in [-0.15, -0.1) is 0 Å². The fourth-order valence-corrected chi connectivity index (χ4v) is 3.07. The van der Waals surface area contributed by atoms with Gasteiger partial charge in [0.25, 0.3) is 0 Å². The average molecular weight is 318 g/mol. The van der Waals surface area contributed by atoms with Gasteiger partial charge in [-0.05, 0) is 25.4 Å². The molecule has 0 aromatic rings. The van der Waals surface area contributed by atoms with Crippen molar-refractivity contribution in [2.45, 2.75) is 51.3 Å². The Morgan fingerprint density at radius 2 is 2.14 bits per heavy atom. The molecular weight excluding hydrogens is 292 g/mol. The van der Waals surface area contributed by atoms with Crippen LogP contribution in [0.3, 0.4) is 0 Å². The van der Waals surface area contributed by atoms with Gasteiger partial charge in [-0.1, -0.05) is 13.8 Å². The molecule has 0 radical (unpaired) electrons. The first-order valence-corrected chi connectivity index (χ1v) is 8.53. The highest BCUT2D eigenvalue weighted by Gasteiger charge is 2.63. The molecule has 0 heterocycles. The lowest BCUT2D eigenvalue weighted by molar-refractivity contribution is -0.172. The van der Waals surface area contributed by atoms with Crippen molar-refractivity contribution in [3.05, 3.63) is 0 Å². The van der Waals surface area contributed by atoms with Gasteiger partial charge in [-0.25, -0.2) is 4.79 Å². The van der Waals surface area contributed by atoms with Crippen molar-refractivity contribution in [3.8, 4) is 0 Å². The minimum absolute atomic E-state index is 0.0762. The van der Waals surface area contributed by atoms with E-state index < -0.39 is 28.9 Å². The van der Waals surface area contributed by atoms with E-state index in [1.54, 1.807) is 11.8 Å². The van der Waals surface area contributed by atoms with Crippen LogP contribution in [-0.4, -0.2) is 53.3 Å². The molecule has 0 aromatic heterocycles. The molecule has 0 spiro atoms. The second-order valence-electron chi connectivity index (χ2n) is 5.99. The van der Waals surface area contributed by atoms with Gasteiger partial charge in [0, 0.05) is 18.4 Å². The summed E-state index contributed by atoms with van der Waals surface area (Å²) in [6.07, 6.45) is 2.61. The third-order valence-corrected chi connectivity index (χ3v) is 5.09. The van der Waals surface area contributed by atoms with Crippen LogP contribution >= 0.6 is 11.8 Å². The number of thioether (sulfide) groups is 1. The lowest BCUT2D eigenvalue weighted by Gasteiger charge is -2.57. The van der Waals surface area contributed by atoms with E-state index >= 15 is 0 Å². The summed E-state index contributed by atoms with van der Waals surface area (Å²) in [4.78, 5) is 23.6. The summed E-state index contributed by atoms with van der Waals surface area (Å²) in [5.74, 6) is -0.767. The monoisotopic (exact) mass is 318 g/mol. The highest BCUT2D eigenvalue weighted by atomic mass is 32.2. The number of ether oxygens (including phenoxy) is 1. The fraction of sp³-hybridized carbons (Fsp3) is 0.857. The SMILES string of the molecule is CCOC1CC(N)(C(=O)N[C@@H](CCSC)C(=O)O)C1(C)C. The van der Waals surface area contributed by atoms with Gasteiger partial charge in [0.2, 0.25) is 5.91 Å². The van der Waals surface area contributed by atoms with Crippen molar-refractivity contribution in [1.82, 2.24) is 5.32 Å². The van der Waals surface area contributed by atoms with E-state index in [-0.39, 0.29) is 6.10 Å². The molecule has 1 aliphatic carbocycles. The van der Waals surface area contributed by atoms with Crippen molar-refractivity contribution < 1.29 is 19.4 Å². The second kappa shape index (κ2) is 6.98. The molecule has 1 amide bonds. The third-order valence-electron chi connectivity index (χ3n) is 4.45. The highest BCUT2D eigenvalue weighted by Crippen LogP contribution is 2.49. The second-order valence-corrected chi connectivity index (χ2v) is 6.97. The molecule has 0 bridgehead atoms. The van der Waals surface area contributed by atoms with Gasteiger partial charge in [0.15, 0.2) is 0 Å². The summed E-state index contributed by atoms with van der Waals surface area (Å²) in [6.45, 7) is 6.23. The van der Waals surface area contributed by atoms with Crippen LogP contribution in [0.5, 0.6) is 0 Å². The Morgan fingerprint density at radius 1 is 1.52 bits per heavy atom. The molecule has 1 fully saturated rings. The number of carboxylic acids is 1. The maximum Gasteiger partial charge on any atom is 0.326 e. The number of carbonyl (C=O) groups excluding carboxylic acids is 1. The summed E-state index contributed by atoms with van der Waals surface area (Å²) < 4.78 is 5.58. The Labute approximate surface area is 130 Å². The summed E-state index contributed by atoms with van der Waals surface area (Å²) >= 11 is 1.54. The van der Waals surface area contributed by atoms with Crippen molar-refractivity contribution in [1.29, 1.82) is 0 Å². The van der Waals surface area contributed by atoms with E-state index in [9.17, 15) is 14.7 Å². The number of carboxylic acid groups (broad SMARTS) is 1. The number of hydrogen-bond acceptors (Lipinski definition) is 5. The summed E-state index contributed by atoms with van der Waals surface area (Å²) in [5, 5.41) is 11.8. The van der Waals surface area contributed by atoms with Crippen LogP contribution < -0.4 is 11.1 Å². The maximum absolute atomic E-state index is 12.4. The number of carbonyl (C=O) groups is 2. The van der Waals surface area contributed by atoms with E-state index in [4.69, 9.17) is 10.5 Å². The van der Waals surface area contributed by atoms with Crippen LogP contribution in [-0.2, 0) is 14.3 Å². The third kappa shape index (κ3) is 3.52. The minimum atomic E-state index is -1.08. The number of aliphatic carboxylic acids is 1. The van der Waals surface area contributed by atoms with Crippen molar-refractivity contribution >= 4 is 23.6 Å². The molecule has 3 atom stereocenters. The van der Waals surface area contributed by atoms with Gasteiger partial charge in [0.1, 0.15) is 11.6 Å². The van der Waals surface area contributed by atoms with Gasteiger partial charge >= 0.3 is 5.97 Å².